The summed E-state index contributed by atoms with van der Waals surface area (Å²) in [5.74, 6) is 0.0519. The molecule has 0 saturated heterocycles. The predicted octanol–water partition coefficient (Wildman–Crippen LogP) is 3.68. The van der Waals surface area contributed by atoms with Crippen LogP contribution in [0, 0.1) is 0 Å². The van der Waals surface area contributed by atoms with Gasteiger partial charge >= 0.3 is 17.9 Å². The van der Waals surface area contributed by atoms with Gasteiger partial charge in [-0.1, -0.05) is 12.1 Å². The maximum absolute atomic E-state index is 12.4. The second-order valence-electron chi connectivity index (χ2n) is 7.41. The molecule has 0 spiro atoms. The van der Waals surface area contributed by atoms with Gasteiger partial charge in [0.25, 0.3) is 0 Å². The predicted molar refractivity (Wildman–Crippen MR) is 115 cm³/mol. The summed E-state index contributed by atoms with van der Waals surface area (Å²) in [6.07, 6.45) is 1.18. The molecular formula is C24H26O9. The summed E-state index contributed by atoms with van der Waals surface area (Å²) in [4.78, 5) is 36.1. The van der Waals surface area contributed by atoms with E-state index in [4.69, 9.17) is 28.4 Å². The van der Waals surface area contributed by atoms with Gasteiger partial charge in [0, 0.05) is 12.5 Å². The van der Waals surface area contributed by atoms with Crippen molar-refractivity contribution in [2.45, 2.75) is 39.2 Å². The molecule has 0 N–H and O–H groups in total. The fourth-order valence-electron chi connectivity index (χ4n) is 2.93. The zero-order valence-corrected chi connectivity index (χ0v) is 18.5. The third-order valence-corrected chi connectivity index (χ3v) is 4.40. The van der Waals surface area contributed by atoms with E-state index in [1.54, 1.807) is 56.3 Å². The molecule has 0 aromatic heterocycles. The standard InChI is InChI=1S/C24H26O9/c1-16(2)32-22(25)9-5-6-12-28-24(27)18-7-3-4-8-19(18)29-14-23(26)33-17-10-11-20-21(13-17)31-15-30-20/h3-4,7-8,10-11,13,16H,5-6,9,12,14-15H2,1-2H3. The number of esters is 3. The van der Waals surface area contributed by atoms with Crippen molar-refractivity contribution in [3.63, 3.8) is 0 Å². The molecule has 2 aromatic rings. The molecule has 176 valence electrons. The first-order valence-corrected chi connectivity index (χ1v) is 10.6. The molecular weight excluding hydrogens is 432 g/mol. The number of ether oxygens (including phenoxy) is 6. The molecule has 1 aliphatic heterocycles. The quantitative estimate of drug-likeness (QED) is 0.283. The van der Waals surface area contributed by atoms with E-state index in [9.17, 15) is 14.4 Å². The molecule has 0 radical (unpaired) electrons. The lowest BCUT2D eigenvalue weighted by Crippen LogP contribution is -2.19. The Morgan fingerprint density at radius 2 is 1.76 bits per heavy atom. The van der Waals surface area contributed by atoms with Crippen LogP contribution in [0.2, 0.25) is 0 Å². The van der Waals surface area contributed by atoms with Crippen molar-refractivity contribution in [1.82, 2.24) is 0 Å². The van der Waals surface area contributed by atoms with Crippen LogP contribution in [0.1, 0.15) is 43.5 Å². The van der Waals surface area contributed by atoms with Crippen molar-refractivity contribution in [3.8, 4) is 23.0 Å². The minimum Gasteiger partial charge on any atom is -0.481 e. The minimum atomic E-state index is -0.648. The first-order valence-electron chi connectivity index (χ1n) is 10.6. The molecule has 1 heterocycles. The fraction of sp³-hybridized carbons (Fsp3) is 0.375. The number of unbranched alkanes of at least 4 members (excludes halogenated alkanes) is 1. The SMILES string of the molecule is CC(C)OC(=O)CCCCOC(=O)c1ccccc1OCC(=O)Oc1ccc2c(c1)OCO2. The number of rotatable bonds is 11. The van der Waals surface area contributed by atoms with Crippen molar-refractivity contribution < 1.29 is 42.8 Å². The number of carbonyl (C=O) groups is 3. The molecule has 0 bridgehead atoms. The lowest BCUT2D eigenvalue weighted by molar-refractivity contribution is -0.147. The average molecular weight is 458 g/mol. The summed E-state index contributed by atoms with van der Waals surface area (Å²) in [6, 6.07) is 11.2. The third kappa shape index (κ3) is 7.41. The van der Waals surface area contributed by atoms with Crippen LogP contribution in [0.25, 0.3) is 0 Å². The largest absolute Gasteiger partial charge is 0.481 e. The van der Waals surface area contributed by atoms with Gasteiger partial charge in [0.05, 0.1) is 12.7 Å². The zero-order valence-electron chi connectivity index (χ0n) is 18.5. The van der Waals surface area contributed by atoms with E-state index in [2.05, 4.69) is 0 Å². The molecule has 3 rings (SSSR count). The topological polar surface area (TPSA) is 107 Å². The monoisotopic (exact) mass is 458 g/mol. The minimum absolute atomic E-state index is 0.118. The van der Waals surface area contributed by atoms with Crippen LogP contribution in [0.15, 0.2) is 42.5 Å². The van der Waals surface area contributed by atoms with E-state index >= 15 is 0 Å². The number of para-hydroxylation sites is 1. The van der Waals surface area contributed by atoms with Crippen molar-refractivity contribution in [3.05, 3.63) is 48.0 Å². The van der Waals surface area contributed by atoms with Gasteiger partial charge in [0.1, 0.15) is 17.1 Å². The molecule has 33 heavy (non-hydrogen) atoms. The summed E-state index contributed by atoms with van der Waals surface area (Å²) >= 11 is 0. The van der Waals surface area contributed by atoms with E-state index in [0.717, 1.165) is 0 Å². The maximum atomic E-state index is 12.4. The number of fused-ring (bicyclic) bond motifs is 1. The zero-order chi connectivity index (χ0) is 23.6. The highest BCUT2D eigenvalue weighted by Crippen LogP contribution is 2.35. The average Bonchev–Trinajstić information content (AvgIpc) is 3.25. The molecule has 9 heteroatoms. The molecule has 0 aliphatic carbocycles. The number of hydrogen-bond acceptors (Lipinski definition) is 9. The van der Waals surface area contributed by atoms with Gasteiger partial charge in [-0.15, -0.1) is 0 Å². The molecule has 0 unspecified atom stereocenters. The van der Waals surface area contributed by atoms with Crippen molar-refractivity contribution in [2.75, 3.05) is 20.0 Å². The van der Waals surface area contributed by atoms with E-state index in [0.29, 0.717) is 24.3 Å². The lowest BCUT2D eigenvalue weighted by atomic mass is 10.2. The highest BCUT2D eigenvalue weighted by Gasteiger charge is 2.17. The van der Waals surface area contributed by atoms with Crippen LogP contribution in [-0.4, -0.2) is 44.0 Å². The third-order valence-electron chi connectivity index (χ3n) is 4.40. The fourth-order valence-corrected chi connectivity index (χ4v) is 2.93. The maximum Gasteiger partial charge on any atom is 0.349 e. The van der Waals surface area contributed by atoms with Gasteiger partial charge in [-0.3, -0.25) is 4.79 Å². The van der Waals surface area contributed by atoms with Gasteiger partial charge in [0.2, 0.25) is 6.79 Å². The van der Waals surface area contributed by atoms with Crippen LogP contribution in [0.5, 0.6) is 23.0 Å². The first-order chi connectivity index (χ1) is 15.9. The normalized spacial score (nSPS) is 11.7. The van der Waals surface area contributed by atoms with Crippen LogP contribution in [0.3, 0.4) is 0 Å². The Kier molecular flexibility index (Phi) is 8.51. The summed E-state index contributed by atoms with van der Waals surface area (Å²) in [6.45, 7) is 3.44. The van der Waals surface area contributed by atoms with Crippen molar-refractivity contribution in [2.24, 2.45) is 0 Å². The molecule has 0 saturated carbocycles. The summed E-state index contributed by atoms with van der Waals surface area (Å²) < 4.78 is 31.5. The van der Waals surface area contributed by atoms with Crippen LogP contribution in [0.4, 0.5) is 0 Å². The van der Waals surface area contributed by atoms with E-state index in [1.165, 1.54) is 0 Å². The second-order valence-corrected chi connectivity index (χ2v) is 7.41. The molecule has 1 aliphatic rings. The van der Waals surface area contributed by atoms with Crippen LogP contribution >= 0.6 is 0 Å². The van der Waals surface area contributed by atoms with Crippen molar-refractivity contribution in [1.29, 1.82) is 0 Å². The van der Waals surface area contributed by atoms with Gasteiger partial charge in [-0.25, -0.2) is 9.59 Å². The van der Waals surface area contributed by atoms with Crippen LogP contribution in [-0.2, 0) is 19.1 Å². The highest BCUT2D eigenvalue weighted by molar-refractivity contribution is 5.92. The Morgan fingerprint density at radius 3 is 2.58 bits per heavy atom. The Bertz CT molecular complexity index is 984. The molecule has 0 amide bonds. The first kappa shape index (κ1) is 23.9. The molecule has 0 fully saturated rings. The Hall–Kier alpha value is -3.75. The Morgan fingerprint density at radius 1 is 0.970 bits per heavy atom. The summed E-state index contributed by atoms with van der Waals surface area (Å²) in [7, 11) is 0. The molecule has 2 aromatic carbocycles. The van der Waals surface area contributed by atoms with Gasteiger partial charge in [-0.2, -0.15) is 0 Å². The van der Waals surface area contributed by atoms with Crippen molar-refractivity contribution >= 4 is 17.9 Å². The Balaban J connectivity index is 1.44. The number of hydrogen-bond donors (Lipinski definition) is 0. The van der Waals surface area contributed by atoms with Gasteiger partial charge in [0.15, 0.2) is 18.1 Å². The van der Waals surface area contributed by atoms with E-state index in [-0.39, 0.29) is 49.0 Å². The molecule has 9 nitrogen and oxygen atoms in total. The molecule has 0 atom stereocenters. The summed E-state index contributed by atoms with van der Waals surface area (Å²) in [5, 5.41) is 0. The van der Waals surface area contributed by atoms with Gasteiger partial charge < -0.3 is 28.4 Å². The van der Waals surface area contributed by atoms with Gasteiger partial charge in [-0.05, 0) is 51.0 Å². The number of benzene rings is 2. The Labute approximate surface area is 191 Å². The van der Waals surface area contributed by atoms with E-state index in [1.807, 2.05) is 0 Å². The van der Waals surface area contributed by atoms with Crippen LogP contribution < -0.4 is 18.9 Å². The lowest BCUT2D eigenvalue weighted by Gasteiger charge is -2.11. The smallest absolute Gasteiger partial charge is 0.349 e. The second kappa shape index (κ2) is 11.8. The number of carbonyl (C=O) groups excluding carboxylic acids is 3. The van der Waals surface area contributed by atoms with E-state index < -0.39 is 18.5 Å². The summed E-state index contributed by atoms with van der Waals surface area (Å²) in [5.41, 5.74) is 0.188. The highest BCUT2D eigenvalue weighted by atomic mass is 16.7.